The van der Waals surface area contributed by atoms with Crippen LogP contribution in [0, 0.1) is 0 Å². The topological polar surface area (TPSA) is 26.0 Å². The molecule has 1 aliphatic rings. The molecular weight excluding hydrogens is 170 g/mol. The third-order valence-corrected chi connectivity index (χ3v) is 2.59. The Hall–Kier alpha value is -1.08. The van der Waals surface area contributed by atoms with Gasteiger partial charge in [0.15, 0.2) is 0 Å². The number of benzene rings is 1. The molecule has 0 amide bonds. The number of hydrogen-bond acceptors (Lipinski definition) is 1. The lowest BCUT2D eigenvalue weighted by molar-refractivity contribution is 0.930. The second-order valence-corrected chi connectivity index (χ2v) is 4.12. The van der Waals surface area contributed by atoms with Crippen LogP contribution in [-0.4, -0.2) is 6.04 Å². The zero-order valence-corrected chi connectivity index (χ0v) is 8.61. The molecule has 2 N–H and O–H groups in total. The van der Waals surface area contributed by atoms with Crippen LogP contribution in [0.4, 0.5) is 0 Å². The molecule has 74 valence electrons. The van der Waals surface area contributed by atoms with E-state index in [0.29, 0.717) is 0 Å². The fourth-order valence-electron chi connectivity index (χ4n) is 1.68. The molecule has 14 heavy (non-hydrogen) atoms. The van der Waals surface area contributed by atoms with Crippen LogP contribution in [0.15, 0.2) is 30.3 Å². The summed E-state index contributed by atoms with van der Waals surface area (Å²) >= 11 is 0. The second-order valence-electron chi connectivity index (χ2n) is 4.12. The van der Waals surface area contributed by atoms with E-state index in [0.717, 1.165) is 5.92 Å². The zero-order valence-electron chi connectivity index (χ0n) is 8.61. The van der Waals surface area contributed by atoms with Gasteiger partial charge in [-0.05, 0) is 36.8 Å². The number of hydrogen-bond donors (Lipinski definition) is 1. The zero-order chi connectivity index (χ0) is 9.97. The summed E-state index contributed by atoms with van der Waals surface area (Å²) in [7, 11) is 0. The standard InChI is InChI=1S/C13H17N/c1-10(14)6-7-11-4-2-3-5-13(11)12-8-9-12/h2-7,10,12H,8-9,14H2,1H3/b7-6+. The molecule has 1 atom stereocenters. The third-order valence-electron chi connectivity index (χ3n) is 2.59. The molecule has 1 saturated carbocycles. The molecule has 2 rings (SSSR count). The van der Waals surface area contributed by atoms with Gasteiger partial charge < -0.3 is 5.73 Å². The van der Waals surface area contributed by atoms with Gasteiger partial charge in [0, 0.05) is 6.04 Å². The van der Waals surface area contributed by atoms with E-state index in [9.17, 15) is 0 Å². The summed E-state index contributed by atoms with van der Waals surface area (Å²) in [6, 6.07) is 8.76. The molecule has 1 aromatic rings. The lowest BCUT2D eigenvalue weighted by atomic mass is 10.0. The van der Waals surface area contributed by atoms with Crippen molar-refractivity contribution in [1.29, 1.82) is 0 Å². The first-order valence-electron chi connectivity index (χ1n) is 5.30. The van der Waals surface area contributed by atoms with E-state index < -0.39 is 0 Å². The van der Waals surface area contributed by atoms with Crippen LogP contribution >= 0.6 is 0 Å². The minimum Gasteiger partial charge on any atom is -0.325 e. The fourth-order valence-corrected chi connectivity index (χ4v) is 1.68. The Bertz CT molecular complexity index is 335. The van der Waals surface area contributed by atoms with Crippen LogP contribution in [0.1, 0.15) is 36.8 Å². The first-order valence-corrected chi connectivity index (χ1v) is 5.30. The summed E-state index contributed by atoms with van der Waals surface area (Å²) < 4.78 is 0. The Kier molecular flexibility index (Phi) is 2.69. The van der Waals surface area contributed by atoms with Gasteiger partial charge in [0.1, 0.15) is 0 Å². The van der Waals surface area contributed by atoms with E-state index in [1.807, 2.05) is 6.92 Å². The summed E-state index contributed by atoms with van der Waals surface area (Å²) in [4.78, 5) is 0. The van der Waals surface area contributed by atoms with Crippen molar-refractivity contribution in [3.8, 4) is 0 Å². The van der Waals surface area contributed by atoms with E-state index in [-0.39, 0.29) is 6.04 Å². The summed E-state index contributed by atoms with van der Waals surface area (Å²) in [6.45, 7) is 2.00. The Labute approximate surface area is 85.6 Å². The van der Waals surface area contributed by atoms with E-state index in [1.165, 1.54) is 24.0 Å². The van der Waals surface area contributed by atoms with Crippen LogP contribution in [0.2, 0.25) is 0 Å². The van der Waals surface area contributed by atoms with Crippen molar-refractivity contribution in [2.45, 2.75) is 31.7 Å². The quantitative estimate of drug-likeness (QED) is 0.773. The van der Waals surface area contributed by atoms with Crippen LogP contribution in [0.25, 0.3) is 6.08 Å². The molecule has 1 aliphatic carbocycles. The van der Waals surface area contributed by atoms with Gasteiger partial charge in [-0.3, -0.25) is 0 Å². The predicted molar refractivity (Wildman–Crippen MR) is 61.1 cm³/mol. The van der Waals surface area contributed by atoms with Crippen molar-refractivity contribution in [3.63, 3.8) is 0 Å². The van der Waals surface area contributed by atoms with E-state index in [4.69, 9.17) is 5.73 Å². The largest absolute Gasteiger partial charge is 0.325 e. The maximum Gasteiger partial charge on any atom is 0.0198 e. The highest BCUT2D eigenvalue weighted by Gasteiger charge is 2.24. The van der Waals surface area contributed by atoms with E-state index in [1.54, 1.807) is 0 Å². The molecule has 1 unspecified atom stereocenters. The van der Waals surface area contributed by atoms with E-state index >= 15 is 0 Å². The predicted octanol–water partition coefficient (Wildman–Crippen LogP) is 2.92. The maximum absolute atomic E-state index is 5.70. The van der Waals surface area contributed by atoms with E-state index in [2.05, 4.69) is 36.4 Å². The maximum atomic E-state index is 5.70. The van der Waals surface area contributed by atoms with Gasteiger partial charge >= 0.3 is 0 Å². The van der Waals surface area contributed by atoms with Crippen LogP contribution in [0.3, 0.4) is 0 Å². The number of rotatable bonds is 3. The Morgan fingerprint density at radius 1 is 1.36 bits per heavy atom. The van der Waals surface area contributed by atoms with Gasteiger partial charge in [0.2, 0.25) is 0 Å². The molecule has 0 radical (unpaired) electrons. The molecule has 0 aliphatic heterocycles. The average Bonchev–Trinajstić information content (AvgIpc) is 2.98. The lowest BCUT2D eigenvalue weighted by Crippen LogP contribution is -2.09. The highest BCUT2D eigenvalue weighted by molar-refractivity contribution is 5.56. The first kappa shape index (κ1) is 9.47. The van der Waals surface area contributed by atoms with Crippen LogP contribution < -0.4 is 5.73 Å². The van der Waals surface area contributed by atoms with Gasteiger partial charge in [-0.1, -0.05) is 36.4 Å². The summed E-state index contributed by atoms with van der Waals surface area (Å²) in [5.74, 6) is 0.809. The molecule has 1 fully saturated rings. The van der Waals surface area contributed by atoms with Gasteiger partial charge in [-0.15, -0.1) is 0 Å². The van der Waals surface area contributed by atoms with Crippen molar-refractivity contribution in [2.75, 3.05) is 0 Å². The summed E-state index contributed by atoms with van der Waals surface area (Å²) in [5.41, 5.74) is 8.53. The van der Waals surface area contributed by atoms with Crippen molar-refractivity contribution in [3.05, 3.63) is 41.5 Å². The van der Waals surface area contributed by atoms with Crippen LogP contribution in [0.5, 0.6) is 0 Å². The van der Waals surface area contributed by atoms with Crippen LogP contribution in [-0.2, 0) is 0 Å². The minimum atomic E-state index is 0.141. The van der Waals surface area contributed by atoms with Crippen molar-refractivity contribution >= 4 is 6.08 Å². The van der Waals surface area contributed by atoms with Gasteiger partial charge in [0.25, 0.3) is 0 Å². The second kappa shape index (κ2) is 3.97. The molecule has 0 heterocycles. The van der Waals surface area contributed by atoms with Crippen molar-refractivity contribution in [1.82, 2.24) is 0 Å². The summed E-state index contributed by atoms with van der Waals surface area (Å²) in [6.07, 6.45) is 6.91. The minimum absolute atomic E-state index is 0.141. The monoisotopic (exact) mass is 187 g/mol. The molecule has 0 bridgehead atoms. The molecule has 0 saturated heterocycles. The molecule has 1 aromatic carbocycles. The number of nitrogens with two attached hydrogens (primary N) is 1. The highest BCUT2D eigenvalue weighted by atomic mass is 14.6. The first-order chi connectivity index (χ1) is 6.77. The highest BCUT2D eigenvalue weighted by Crippen LogP contribution is 2.41. The SMILES string of the molecule is CC(N)/C=C/c1ccccc1C1CC1. The van der Waals surface area contributed by atoms with Gasteiger partial charge in [-0.2, -0.15) is 0 Å². The summed E-state index contributed by atoms with van der Waals surface area (Å²) in [5, 5.41) is 0. The molecule has 1 heteroatoms. The average molecular weight is 187 g/mol. The normalized spacial score (nSPS) is 18.7. The third kappa shape index (κ3) is 2.24. The molecule has 1 nitrogen and oxygen atoms in total. The van der Waals surface area contributed by atoms with Gasteiger partial charge in [0.05, 0.1) is 0 Å². The van der Waals surface area contributed by atoms with Crippen molar-refractivity contribution < 1.29 is 0 Å². The Morgan fingerprint density at radius 2 is 2.07 bits per heavy atom. The Morgan fingerprint density at radius 3 is 2.71 bits per heavy atom. The molecular formula is C13H17N. The van der Waals surface area contributed by atoms with Crippen molar-refractivity contribution in [2.24, 2.45) is 5.73 Å². The fraction of sp³-hybridized carbons (Fsp3) is 0.385. The Balaban J connectivity index is 2.22. The molecule has 0 spiro atoms. The smallest absolute Gasteiger partial charge is 0.0198 e. The lowest BCUT2D eigenvalue weighted by Gasteiger charge is -2.04. The van der Waals surface area contributed by atoms with Gasteiger partial charge in [-0.25, -0.2) is 0 Å². The molecule has 0 aromatic heterocycles.